The standard InChI is InChI=1S/C10H16O.C9H11NO2/c1-9(2)7-4-5-10(9,3)8(11)6-7;10-8(9(11)12)6-7-4-2-1-3-5-7/h7H,4-6H2,1-3H3;1-5,8H,6,10H2,(H,11,12). The number of carbonyl (C=O) groups excluding carboxylic acids is 1. The summed E-state index contributed by atoms with van der Waals surface area (Å²) in [6.45, 7) is 6.67. The number of nitrogens with two attached hydrogens (primary N) is 1. The van der Waals surface area contributed by atoms with Crippen molar-refractivity contribution in [1.29, 1.82) is 0 Å². The monoisotopic (exact) mass is 317 g/mol. The Kier molecular flexibility index (Phi) is 4.95. The van der Waals surface area contributed by atoms with Gasteiger partial charge in [0.25, 0.3) is 0 Å². The molecule has 2 saturated carbocycles. The Morgan fingerprint density at radius 3 is 2.26 bits per heavy atom. The molecule has 2 bridgehead atoms. The van der Waals surface area contributed by atoms with E-state index < -0.39 is 12.0 Å². The maximum atomic E-state index is 11.6. The molecule has 0 amide bonds. The van der Waals surface area contributed by atoms with Gasteiger partial charge >= 0.3 is 5.97 Å². The van der Waals surface area contributed by atoms with E-state index in [1.54, 1.807) is 0 Å². The number of hydrogen-bond donors (Lipinski definition) is 2. The largest absolute Gasteiger partial charge is 0.480 e. The minimum atomic E-state index is -0.959. The number of Topliss-reactive ketones (excluding diaryl/α,β-unsaturated/α-hetero) is 1. The Balaban J connectivity index is 0.000000167. The molecule has 1 aromatic carbocycles. The van der Waals surface area contributed by atoms with Gasteiger partial charge in [-0.25, -0.2) is 0 Å². The molecule has 4 nitrogen and oxygen atoms in total. The van der Waals surface area contributed by atoms with Crippen molar-refractivity contribution >= 4 is 11.8 Å². The minimum Gasteiger partial charge on any atom is -0.480 e. The van der Waals surface area contributed by atoms with Crippen LogP contribution in [0.3, 0.4) is 0 Å². The zero-order chi connectivity index (χ0) is 17.3. The second-order valence-corrected chi connectivity index (χ2v) is 7.55. The summed E-state index contributed by atoms with van der Waals surface area (Å²) in [4.78, 5) is 22.0. The molecule has 3 N–H and O–H groups in total. The highest BCUT2D eigenvalue weighted by atomic mass is 16.4. The summed E-state index contributed by atoms with van der Waals surface area (Å²) in [5.41, 5.74) is 6.61. The Bertz CT molecular complexity index is 582. The van der Waals surface area contributed by atoms with Crippen LogP contribution in [0.4, 0.5) is 0 Å². The Morgan fingerprint density at radius 1 is 1.30 bits per heavy atom. The second kappa shape index (κ2) is 6.44. The molecule has 2 aliphatic rings. The fourth-order valence-corrected chi connectivity index (χ4v) is 3.86. The SMILES string of the molecule is CC12CCC(CC1=O)C2(C)C.NC(Cc1ccccc1)C(=O)O. The molecule has 0 aliphatic heterocycles. The normalized spacial score (nSPS) is 28.9. The molecular weight excluding hydrogens is 290 g/mol. The van der Waals surface area contributed by atoms with E-state index in [1.807, 2.05) is 30.3 Å². The molecular formula is C19H27NO3. The van der Waals surface area contributed by atoms with Gasteiger partial charge in [0.05, 0.1) is 0 Å². The molecule has 0 heterocycles. The molecule has 0 saturated heterocycles. The Hall–Kier alpha value is -1.68. The number of rotatable bonds is 3. The average Bonchev–Trinajstić information content (AvgIpc) is 2.82. The van der Waals surface area contributed by atoms with Crippen LogP contribution in [0, 0.1) is 16.7 Å². The van der Waals surface area contributed by atoms with E-state index in [1.165, 1.54) is 6.42 Å². The zero-order valence-corrected chi connectivity index (χ0v) is 14.2. The molecule has 2 aliphatic carbocycles. The van der Waals surface area contributed by atoms with E-state index >= 15 is 0 Å². The third-order valence-corrected chi connectivity index (χ3v) is 6.10. The lowest BCUT2D eigenvalue weighted by Gasteiger charge is -2.32. The summed E-state index contributed by atoms with van der Waals surface area (Å²) in [5, 5.41) is 8.52. The smallest absolute Gasteiger partial charge is 0.320 e. The van der Waals surface area contributed by atoms with Crippen LogP contribution in [0.5, 0.6) is 0 Å². The quantitative estimate of drug-likeness (QED) is 0.898. The summed E-state index contributed by atoms with van der Waals surface area (Å²) in [6.07, 6.45) is 3.64. The zero-order valence-electron chi connectivity index (χ0n) is 14.2. The second-order valence-electron chi connectivity index (χ2n) is 7.55. The fourth-order valence-electron chi connectivity index (χ4n) is 3.86. The van der Waals surface area contributed by atoms with Crippen molar-refractivity contribution in [2.24, 2.45) is 22.5 Å². The van der Waals surface area contributed by atoms with Crippen molar-refractivity contribution in [3.63, 3.8) is 0 Å². The third-order valence-electron chi connectivity index (χ3n) is 6.10. The Morgan fingerprint density at radius 2 is 1.91 bits per heavy atom. The first-order valence-electron chi connectivity index (χ1n) is 8.24. The van der Waals surface area contributed by atoms with Crippen molar-refractivity contribution in [2.75, 3.05) is 0 Å². The van der Waals surface area contributed by atoms with Gasteiger partial charge in [0, 0.05) is 11.8 Å². The summed E-state index contributed by atoms with van der Waals surface area (Å²) in [7, 11) is 0. The highest BCUT2D eigenvalue weighted by Gasteiger charge is 2.61. The van der Waals surface area contributed by atoms with E-state index in [0.717, 1.165) is 18.4 Å². The van der Waals surface area contributed by atoms with Gasteiger partial charge in [-0.2, -0.15) is 0 Å². The van der Waals surface area contributed by atoms with Crippen molar-refractivity contribution in [3.05, 3.63) is 35.9 Å². The number of aliphatic carboxylic acids is 1. The van der Waals surface area contributed by atoms with E-state index in [4.69, 9.17) is 10.8 Å². The minimum absolute atomic E-state index is 0.0255. The maximum absolute atomic E-state index is 11.6. The van der Waals surface area contributed by atoms with Crippen molar-refractivity contribution in [3.8, 4) is 0 Å². The number of carbonyl (C=O) groups is 2. The summed E-state index contributed by atoms with van der Waals surface area (Å²) in [6, 6.07) is 8.54. The number of hydrogen-bond acceptors (Lipinski definition) is 3. The number of carboxylic acids is 1. The van der Waals surface area contributed by atoms with Crippen molar-refractivity contribution in [2.45, 2.75) is 52.5 Å². The molecule has 1 aromatic rings. The van der Waals surface area contributed by atoms with Crippen molar-refractivity contribution in [1.82, 2.24) is 0 Å². The summed E-state index contributed by atoms with van der Waals surface area (Å²) in [5.74, 6) is 0.234. The van der Waals surface area contributed by atoms with Gasteiger partial charge in [-0.1, -0.05) is 51.1 Å². The van der Waals surface area contributed by atoms with Crippen LogP contribution in [0.1, 0.15) is 45.6 Å². The Labute approximate surface area is 138 Å². The van der Waals surface area contributed by atoms with Gasteiger partial charge in [0.15, 0.2) is 0 Å². The van der Waals surface area contributed by atoms with E-state index in [-0.39, 0.29) is 10.8 Å². The maximum Gasteiger partial charge on any atom is 0.320 e. The molecule has 3 rings (SSSR count). The lowest BCUT2D eigenvalue weighted by atomic mass is 9.70. The molecule has 0 spiro atoms. The number of benzene rings is 1. The van der Waals surface area contributed by atoms with Crippen LogP contribution in [0.15, 0.2) is 30.3 Å². The molecule has 0 aromatic heterocycles. The van der Waals surface area contributed by atoms with Crippen LogP contribution >= 0.6 is 0 Å². The number of carboxylic acid groups (broad SMARTS) is 1. The van der Waals surface area contributed by atoms with E-state index in [0.29, 0.717) is 18.1 Å². The first kappa shape index (κ1) is 17.7. The van der Waals surface area contributed by atoms with Crippen LogP contribution < -0.4 is 5.73 Å². The number of fused-ring (bicyclic) bond motifs is 2. The van der Waals surface area contributed by atoms with Crippen LogP contribution in [-0.2, 0) is 16.0 Å². The predicted octanol–water partition coefficient (Wildman–Crippen LogP) is 3.04. The summed E-state index contributed by atoms with van der Waals surface area (Å²) < 4.78 is 0. The van der Waals surface area contributed by atoms with E-state index in [9.17, 15) is 9.59 Å². The highest BCUT2D eigenvalue weighted by Crippen LogP contribution is 2.63. The fraction of sp³-hybridized carbons (Fsp3) is 0.579. The molecule has 3 atom stereocenters. The van der Waals surface area contributed by atoms with Gasteiger partial charge < -0.3 is 10.8 Å². The van der Waals surface area contributed by atoms with Gasteiger partial charge in [-0.3, -0.25) is 9.59 Å². The molecule has 4 heteroatoms. The third kappa shape index (κ3) is 3.32. The highest BCUT2D eigenvalue weighted by molar-refractivity contribution is 5.89. The number of ketones is 1. The molecule has 23 heavy (non-hydrogen) atoms. The summed E-state index contributed by atoms with van der Waals surface area (Å²) >= 11 is 0. The van der Waals surface area contributed by atoms with Gasteiger partial charge in [-0.15, -0.1) is 0 Å². The van der Waals surface area contributed by atoms with Gasteiger partial charge in [0.1, 0.15) is 11.8 Å². The van der Waals surface area contributed by atoms with Crippen LogP contribution in [0.25, 0.3) is 0 Å². The van der Waals surface area contributed by atoms with Gasteiger partial charge in [-0.05, 0) is 36.2 Å². The first-order chi connectivity index (χ1) is 10.7. The molecule has 0 radical (unpaired) electrons. The lowest BCUT2D eigenvalue weighted by Crippen LogP contribution is -2.32. The van der Waals surface area contributed by atoms with Gasteiger partial charge in [0.2, 0.25) is 0 Å². The molecule has 2 fully saturated rings. The topological polar surface area (TPSA) is 80.4 Å². The molecule has 126 valence electrons. The lowest BCUT2D eigenvalue weighted by molar-refractivity contribution is -0.138. The van der Waals surface area contributed by atoms with Crippen LogP contribution in [0.2, 0.25) is 0 Å². The van der Waals surface area contributed by atoms with E-state index in [2.05, 4.69) is 20.8 Å². The first-order valence-corrected chi connectivity index (χ1v) is 8.24. The average molecular weight is 317 g/mol. The van der Waals surface area contributed by atoms with Crippen molar-refractivity contribution < 1.29 is 14.7 Å². The predicted molar refractivity (Wildman–Crippen MR) is 90.0 cm³/mol. The van der Waals surface area contributed by atoms with Crippen LogP contribution in [-0.4, -0.2) is 22.9 Å². The molecule has 3 unspecified atom stereocenters.